The van der Waals surface area contributed by atoms with Crippen LogP contribution in [-0.2, 0) is 14.4 Å². The Morgan fingerprint density at radius 1 is 1.18 bits per heavy atom. The van der Waals surface area contributed by atoms with E-state index in [1.807, 2.05) is 6.07 Å². The molecule has 4 rings (SSSR count). The number of benzene rings is 2. The average Bonchev–Trinajstić information content (AvgIpc) is 2.79. The summed E-state index contributed by atoms with van der Waals surface area (Å²) in [6.45, 7) is 0.771. The average molecular weight is 468 g/mol. The maximum Gasteiger partial charge on any atom is 0.336 e. The van der Waals surface area contributed by atoms with Crippen molar-refractivity contribution in [2.75, 3.05) is 13.1 Å². The van der Waals surface area contributed by atoms with Gasteiger partial charge in [0.15, 0.2) is 0 Å². The SMILES string of the molecule is O=CC(C(=O)N1CCC[C@H](CC(=O)O)C1)c1ccc2c(-c3ccccc3Cl)cc(=O)oc2c1. The molecule has 8 heteroatoms. The molecule has 1 aliphatic rings. The molecule has 1 fully saturated rings. The minimum Gasteiger partial charge on any atom is -0.481 e. The normalized spacial score (nSPS) is 17.0. The van der Waals surface area contributed by atoms with Crippen LogP contribution in [0.5, 0.6) is 0 Å². The third-order valence-electron chi connectivity index (χ3n) is 5.99. The number of halogens is 1. The van der Waals surface area contributed by atoms with Gasteiger partial charge in [-0.25, -0.2) is 4.79 Å². The minimum atomic E-state index is -1.08. The smallest absolute Gasteiger partial charge is 0.336 e. The summed E-state index contributed by atoms with van der Waals surface area (Å²) in [7, 11) is 0. The van der Waals surface area contributed by atoms with Gasteiger partial charge in [0.2, 0.25) is 5.91 Å². The molecule has 7 nitrogen and oxygen atoms in total. The number of carboxylic acids is 1. The third kappa shape index (κ3) is 4.83. The molecule has 1 saturated heterocycles. The molecule has 1 aliphatic heterocycles. The van der Waals surface area contributed by atoms with Crippen LogP contribution in [0.2, 0.25) is 5.02 Å². The largest absolute Gasteiger partial charge is 0.481 e. The quantitative estimate of drug-likeness (QED) is 0.332. The molecule has 2 atom stereocenters. The van der Waals surface area contributed by atoms with Gasteiger partial charge in [0.25, 0.3) is 0 Å². The van der Waals surface area contributed by atoms with Gasteiger partial charge in [-0.15, -0.1) is 0 Å². The van der Waals surface area contributed by atoms with Crippen molar-refractivity contribution in [1.29, 1.82) is 0 Å². The molecule has 1 amide bonds. The summed E-state index contributed by atoms with van der Waals surface area (Å²) in [5, 5.41) is 10.2. The van der Waals surface area contributed by atoms with Crippen molar-refractivity contribution in [3.05, 3.63) is 69.5 Å². The van der Waals surface area contributed by atoms with E-state index in [9.17, 15) is 19.2 Å². The summed E-state index contributed by atoms with van der Waals surface area (Å²) < 4.78 is 5.38. The first-order chi connectivity index (χ1) is 15.9. The zero-order valence-corrected chi connectivity index (χ0v) is 18.5. The molecule has 2 aromatic carbocycles. The van der Waals surface area contributed by atoms with Crippen molar-refractivity contribution in [3.8, 4) is 11.1 Å². The van der Waals surface area contributed by atoms with Crippen molar-refractivity contribution >= 4 is 40.7 Å². The van der Waals surface area contributed by atoms with E-state index in [-0.39, 0.29) is 23.8 Å². The summed E-state index contributed by atoms with van der Waals surface area (Å²) >= 11 is 6.32. The van der Waals surface area contributed by atoms with Gasteiger partial charge in [-0.1, -0.05) is 41.9 Å². The van der Waals surface area contributed by atoms with E-state index in [1.54, 1.807) is 35.2 Å². The van der Waals surface area contributed by atoms with Crippen LogP contribution in [0.3, 0.4) is 0 Å². The van der Waals surface area contributed by atoms with Gasteiger partial charge in [0, 0.05) is 47.1 Å². The second-order valence-electron chi connectivity index (χ2n) is 8.22. The van der Waals surface area contributed by atoms with Crippen LogP contribution in [-0.4, -0.2) is 41.3 Å². The van der Waals surface area contributed by atoms with E-state index in [2.05, 4.69) is 0 Å². The Labute approximate surface area is 194 Å². The zero-order chi connectivity index (χ0) is 23.5. The molecule has 0 radical (unpaired) electrons. The van der Waals surface area contributed by atoms with E-state index in [0.717, 1.165) is 6.42 Å². The molecule has 3 aromatic rings. The lowest BCUT2D eigenvalue weighted by Crippen LogP contribution is -2.43. The molecular weight excluding hydrogens is 446 g/mol. The van der Waals surface area contributed by atoms with E-state index in [4.69, 9.17) is 21.1 Å². The van der Waals surface area contributed by atoms with Crippen molar-refractivity contribution in [2.24, 2.45) is 5.92 Å². The molecule has 0 spiro atoms. The van der Waals surface area contributed by atoms with Crippen molar-refractivity contribution in [3.63, 3.8) is 0 Å². The number of carbonyl (C=O) groups is 3. The molecule has 1 aromatic heterocycles. The van der Waals surface area contributed by atoms with Gasteiger partial charge >= 0.3 is 11.6 Å². The Kier molecular flexibility index (Phi) is 6.60. The summed E-state index contributed by atoms with van der Waals surface area (Å²) in [6.07, 6.45) is 1.97. The van der Waals surface area contributed by atoms with E-state index in [1.165, 1.54) is 12.1 Å². The number of hydrogen-bond acceptors (Lipinski definition) is 5. The van der Waals surface area contributed by atoms with Crippen molar-refractivity contribution in [2.45, 2.75) is 25.2 Å². The Bertz CT molecular complexity index is 1280. The number of amides is 1. The fourth-order valence-electron chi connectivity index (χ4n) is 4.43. The number of aldehydes is 1. The number of likely N-dealkylation sites (tertiary alicyclic amines) is 1. The van der Waals surface area contributed by atoms with Crippen LogP contribution in [0, 0.1) is 5.92 Å². The topological polar surface area (TPSA) is 105 Å². The number of aliphatic carboxylic acids is 1. The molecule has 0 bridgehead atoms. The number of carboxylic acid groups (broad SMARTS) is 1. The summed E-state index contributed by atoms with van der Waals surface area (Å²) in [4.78, 5) is 49.9. The van der Waals surface area contributed by atoms with Gasteiger partial charge < -0.3 is 19.2 Å². The molecule has 1 N–H and O–H groups in total. The third-order valence-corrected chi connectivity index (χ3v) is 6.32. The number of carbonyl (C=O) groups excluding carboxylic acids is 2. The number of fused-ring (bicyclic) bond motifs is 1. The van der Waals surface area contributed by atoms with Gasteiger partial charge in [-0.2, -0.15) is 0 Å². The lowest BCUT2D eigenvalue weighted by molar-refractivity contribution is -0.141. The Balaban J connectivity index is 1.68. The maximum atomic E-state index is 13.1. The highest BCUT2D eigenvalue weighted by Gasteiger charge is 2.31. The van der Waals surface area contributed by atoms with Gasteiger partial charge in [-0.3, -0.25) is 9.59 Å². The predicted octanol–water partition coefficient (Wildman–Crippen LogP) is 4.11. The number of rotatable bonds is 6. The van der Waals surface area contributed by atoms with Crippen LogP contribution in [0.15, 0.2) is 57.7 Å². The first-order valence-corrected chi connectivity index (χ1v) is 11.0. The molecule has 0 aliphatic carbocycles. The lowest BCUT2D eigenvalue weighted by Gasteiger charge is -2.33. The second kappa shape index (κ2) is 9.58. The molecule has 1 unspecified atom stereocenters. The van der Waals surface area contributed by atoms with Gasteiger partial charge in [-0.05, 0) is 36.5 Å². The molecule has 33 heavy (non-hydrogen) atoms. The molecule has 2 heterocycles. The standard InChI is InChI=1S/C25H22ClNO6/c26-21-6-2-1-5-17(21)19-12-24(31)33-22-11-16(7-8-18(19)22)20(14-28)25(32)27-9-3-4-15(13-27)10-23(29)30/h1-2,5-8,11-12,14-15,20H,3-4,9-10,13H2,(H,29,30)/t15-,20?/m1/s1. The Morgan fingerprint density at radius 2 is 1.97 bits per heavy atom. The fraction of sp³-hybridized carbons (Fsp3) is 0.280. The van der Waals surface area contributed by atoms with Gasteiger partial charge in [0.05, 0.1) is 0 Å². The van der Waals surface area contributed by atoms with Crippen LogP contribution < -0.4 is 5.63 Å². The molecule has 170 valence electrons. The first-order valence-electron chi connectivity index (χ1n) is 10.7. The summed E-state index contributed by atoms with van der Waals surface area (Å²) in [5.74, 6) is -2.50. The molecular formula is C25H22ClNO6. The van der Waals surface area contributed by atoms with Crippen molar-refractivity contribution in [1.82, 2.24) is 4.90 Å². The highest BCUT2D eigenvalue weighted by Crippen LogP contribution is 2.34. The van der Waals surface area contributed by atoms with Crippen LogP contribution in [0.1, 0.15) is 30.7 Å². The fourth-order valence-corrected chi connectivity index (χ4v) is 4.67. The number of nitrogens with zero attached hydrogens (tertiary/aromatic N) is 1. The van der Waals surface area contributed by atoms with E-state index < -0.39 is 17.5 Å². The van der Waals surface area contributed by atoms with Crippen LogP contribution in [0.4, 0.5) is 0 Å². The van der Waals surface area contributed by atoms with Gasteiger partial charge in [0.1, 0.15) is 17.8 Å². The van der Waals surface area contributed by atoms with E-state index >= 15 is 0 Å². The minimum absolute atomic E-state index is 0.0124. The number of piperidine rings is 1. The second-order valence-corrected chi connectivity index (χ2v) is 8.63. The van der Waals surface area contributed by atoms with Crippen LogP contribution >= 0.6 is 11.6 Å². The summed E-state index contributed by atoms with van der Waals surface area (Å²) in [6, 6.07) is 13.4. The first kappa shape index (κ1) is 22.7. The van der Waals surface area contributed by atoms with Crippen LogP contribution in [0.25, 0.3) is 22.1 Å². The molecule has 0 saturated carbocycles. The zero-order valence-electron chi connectivity index (χ0n) is 17.7. The Hall–Kier alpha value is -3.45. The van der Waals surface area contributed by atoms with Crippen molar-refractivity contribution < 1.29 is 23.9 Å². The lowest BCUT2D eigenvalue weighted by atomic mass is 9.91. The highest BCUT2D eigenvalue weighted by molar-refractivity contribution is 6.33. The highest BCUT2D eigenvalue weighted by atomic mass is 35.5. The number of hydrogen-bond donors (Lipinski definition) is 1. The Morgan fingerprint density at radius 3 is 2.70 bits per heavy atom. The summed E-state index contributed by atoms with van der Waals surface area (Å²) in [5.41, 5.74) is 1.35. The van der Waals surface area contributed by atoms with E-state index in [0.29, 0.717) is 52.9 Å². The monoisotopic (exact) mass is 467 g/mol. The predicted molar refractivity (Wildman–Crippen MR) is 123 cm³/mol. The maximum absolute atomic E-state index is 13.1.